The van der Waals surface area contributed by atoms with E-state index < -0.39 is 0 Å². The smallest absolute Gasteiger partial charge is 0.251 e. The summed E-state index contributed by atoms with van der Waals surface area (Å²) in [6.07, 6.45) is -0.114. The van der Waals surface area contributed by atoms with Gasteiger partial charge in [0.15, 0.2) is 0 Å². The first-order valence-corrected chi connectivity index (χ1v) is 10.4. The Morgan fingerprint density at radius 1 is 1.14 bits per heavy atom. The van der Waals surface area contributed by atoms with Crippen LogP contribution in [0.1, 0.15) is 38.1 Å². The molecule has 0 bridgehead atoms. The molecule has 3 rings (SSSR count). The van der Waals surface area contributed by atoms with Crippen molar-refractivity contribution in [2.75, 3.05) is 0 Å². The van der Waals surface area contributed by atoms with Gasteiger partial charge in [-0.15, -0.1) is 0 Å². The van der Waals surface area contributed by atoms with Gasteiger partial charge in [0.25, 0.3) is 5.91 Å². The summed E-state index contributed by atoms with van der Waals surface area (Å²) in [4.78, 5) is 16.1. The Bertz CT molecular complexity index is 932. The molecule has 1 fully saturated rings. The lowest BCUT2D eigenvalue weighted by Crippen LogP contribution is -2.74. The van der Waals surface area contributed by atoms with Crippen LogP contribution in [-0.2, 0) is 0 Å². The van der Waals surface area contributed by atoms with Crippen molar-refractivity contribution in [2.24, 2.45) is 10.8 Å². The van der Waals surface area contributed by atoms with E-state index in [0.29, 0.717) is 22.0 Å². The number of benzene rings is 2. The fraction of sp³-hybridized carbons (Fsp3) is 0.364. The van der Waals surface area contributed by atoms with Crippen LogP contribution >= 0.6 is 34.2 Å². The van der Waals surface area contributed by atoms with E-state index in [-0.39, 0.29) is 28.9 Å². The molecule has 0 atom stereocenters. The van der Waals surface area contributed by atoms with Crippen LogP contribution in [0.15, 0.2) is 42.5 Å². The van der Waals surface area contributed by atoms with Crippen molar-refractivity contribution in [1.82, 2.24) is 5.32 Å². The van der Waals surface area contributed by atoms with Crippen LogP contribution in [0, 0.1) is 21.0 Å². The van der Waals surface area contributed by atoms with E-state index >= 15 is 0 Å². The van der Waals surface area contributed by atoms with Gasteiger partial charge in [0, 0.05) is 26.0 Å². The van der Waals surface area contributed by atoms with Crippen LogP contribution < -0.4 is 10.1 Å². The zero-order valence-corrected chi connectivity index (χ0v) is 19.1. The molecule has 1 aliphatic rings. The Morgan fingerprint density at radius 2 is 1.75 bits per heavy atom. The first kappa shape index (κ1) is 20.9. The molecular formula is C22H22ClIN2O2. The number of carbonyl (C=O) groups excluding carboxylic acids is 1. The van der Waals surface area contributed by atoms with Gasteiger partial charge in [-0.05, 0) is 59.0 Å². The maximum atomic E-state index is 12.7. The normalized spacial score (nSPS) is 21.9. The largest absolute Gasteiger partial charge is 0.489 e. The minimum Gasteiger partial charge on any atom is -0.489 e. The molecule has 1 saturated carbocycles. The summed E-state index contributed by atoms with van der Waals surface area (Å²) in [6, 6.07) is 12.6. The standard InChI is InChI=1S/C22H22ClIN2O2/c1-21(2)19(26-18(27)13-6-8-14(24)9-7-13)22(3,4)20(21)28-15-10-11-17(25-5)16(23)12-15/h6-12,19-20H,1-4H3,(H,26,27). The molecule has 0 radical (unpaired) electrons. The van der Waals surface area contributed by atoms with Gasteiger partial charge in [-0.3, -0.25) is 4.79 Å². The van der Waals surface area contributed by atoms with E-state index in [1.807, 2.05) is 24.3 Å². The number of nitrogens with zero attached hydrogens (tertiary/aromatic N) is 1. The van der Waals surface area contributed by atoms with Crippen molar-refractivity contribution >= 4 is 45.8 Å². The zero-order chi connectivity index (χ0) is 20.7. The molecule has 0 aromatic heterocycles. The van der Waals surface area contributed by atoms with Crippen molar-refractivity contribution in [3.05, 3.63) is 68.0 Å². The van der Waals surface area contributed by atoms with Crippen LogP contribution in [0.4, 0.5) is 5.69 Å². The highest BCUT2D eigenvalue weighted by Gasteiger charge is 2.64. The van der Waals surface area contributed by atoms with Crippen molar-refractivity contribution in [3.8, 4) is 5.75 Å². The topological polar surface area (TPSA) is 42.7 Å². The van der Waals surface area contributed by atoms with Crippen molar-refractivity contribution in [2.45, 2.75) is 39.8 Å². The third-order valence-electron chi connectivity index (χ3n) is 5.51. The van der Waals surface area contributed by atoms with E-state index in [0.717, 1.165) is 3.57 Å². The second kappa shape index (κ2) is 7.57. The fourth-order valence-electron chi connectivity index (χ4n) is 4.40. The van der Waals surface area contributed by atoms with E-state index in [1.165, 1.54) is 0 Å². The minimum atomic E-state index is -0.271. The van der Waals surface area contributed by atoms with Crippen LogP contribution in [0.25, 0.3) is 4.85 Å². The molecule has 146 valence electrons. The number of amides is 1. The van der Waals surface area contributed by atoms with E-state index in [2.05, 4.69) is 60.4 Å². The quantitative estimate of drug-likeness (QED) is 0.400. The molecule has 1 N–H and O–H groups in total. The highest BCUT2D eigenvalue weighted by molar-refractivity contribution is 14.1. The van der Waals surface area contributed by atoms with Crippen LogP contribution in [0.2, 0.25) is 5.02 Å². The summed E-state index contributed by atoms with van der Waals surface area (Å²) in [5, 5.41) is 3.57. The van der Waals surface area contributed by atoms with Gasteiger partial charge < -0.3 is 10.1 Å². The molecule has 4 nitrogen and oxygen atoms in total. The molecule has 2 aromatic rings. The molecule has 6 heteroatoms. The number of hydrogen-bond donors (Lipinski definition) is 1. The number of rotatable bonds is 4. The highest BCUT2D eigenvalue weighted by Crippen LogP contribution is 2.55. The third kappa shape index (κ3) is 3.72. The molecule has 2 aromatic carbocycles. The number of halogens is 2. The number of hydrogen-bond acceptors (Lipinski definition) is 2. The van der Waals surface area contributed by atoms with Gasteiger partial charge >= 0.3 is 0 Å². The van der Waals surface area contributed by atoms with Crippen molar-refractivity contribution in [3.63, 3.8) is 0 Å². The van der Waals surface area contributed by atoms with E-state index in [9.17, 15) is 4.79 Å². The monoisotopic (exact) mass is 508 g/mol. The van der Waals surface area contributed by atoms with Gasteiger partial charge in [-0.25, -0.2) is 4.85 Å². The first-order valence-electron chi connectivity index (χ1n) is 8.97. The van der Waals surface area contributed by atoms with Crippen LogP contribution in [-0.4, -0.2) is 18.1 Å². The molecule has 0 spiro atoms. The van der Waals surface area contributed by atoms with Crippen LogP contribution in [0.3, 0.4) is 0 Å². The van der Waals surface area contributed by atoms with Gasteiger partial charge in [0.05, 0.1) is 11.6 Å². The molecule has 0 unspecified atom stereocenters. The molecule has 0 aliphatic heterocycles. The van der Waals surface area contributed by atoms with Gasteiger partial charge in [-0.2, -0.15) is 0 Å². The molecule has 1 amide bonds. The fourth-order valence-corrected chi connectivity index (χ4v) is 4.98. The lowest BCUT2D eigenvalue weighted by Gasteiger charge is -2.63. The summed E-state index contributed by atoms with van der Waals surface area (Å²) in [5.74, 6) is 0.552. The second-order valence-electron chi connectivity index (χ2n) is 8.28. The average molecular weight is 509 g/mol. The zero-order valence-electron chi connectivity index (χ0n) is 16.2. The Kier molecular flexibility index (Phi) is 5.66. The Hall–Kier alpha value is -1.78. The minimum absolute atomic E-state index is 0.0465. The average Bonchev–Trinajstić information content (AvgIpc) is 2.64. The number of ether oxygens (including phenoxy) is 1. The molecule has 0 heterocycles. The van der Waals surface area contributed by atoms with Gasteiger partial charge in [0.1, 0.15) is 11.9 Å². The third-order valence-corrected chi connectivity index (χ3v) is 6.54. The summed E-state index contributed by atoms with van der Waals surface area (Å²) in [5.41, 5.74) is 0.516. The number of nitrogens with one attached hydrogen (secondary N) is 1. The lowest BCUT2D eigenvalue weighted by atomic mass is 9.49. The lowest BCUT2D eigenvalue weighted by molar-refractivity contribution is -0.164. The first-order chi connectivity index (χ1) is 13.1. The maximum absolute atomic E-state index is 12.7. The highest BCUT2D eigenvalue weighted by atomic mass is 127. The van der Waals surface area contributed by atoms with Gasteiger partial charge in [-0.1, -0.05) is 45.4 Å². The molecule has 1 aliphatic carbocycles. The summed E-state index contributed by atoms with van der Waals surface area (Å²) in [7, 11) is 0. The SMILES string of the molecule is [C-]#[N+]c1ccc(OC2C(C)(C)C(NC(=O)c3ccc(I)cc3)C2(C)C)cc1Cl. The second-order valence-corrected chi connectivity index (χ2v) is 9.93. The van der Waals surface area contributed by atoms with Crippen molar-refractivity contribution in [1.29, 1.82) is 0 Å². The number of carbonyl (C=O) groups is 1. The Labute approximate surface area is 184 Å². The Balaban J connectivity index is 1.76. The van der Waals surface area contributed by atoms with Crippen LogP contribution in [0.5, 0.6) is 5.75 Å². The Morgan fingerprint density at radius 3 is 2.29 bits per heavy atom. The predicted octanol–water partition coefficient (Wildman–Crippen LogP) is 6.11. The summed E-state index contributed by atoms with van der Waals surface area (Å²) in [6.45, 7) is 15.5. The molecular weight excluding hydrogens is 487 g/mol. The van der Waals surface area contributed by atoms with Crippen molar-refractivity contribution < 1.29 is 9.53 Å². The molecule has 28 heavy (non-hydrogen) atoms. The van der Waals surface area contributed by atoms with Gasteiger partial charge in [0.2, 0.25) is 5.69 Å². The summed E-state index contributed by atoms with van der Waals surface area (Å²) < 4.78 is 7.35. The predicted molar refractivity (Wildman–Crippen MR) is 120 cm³/mol. The molecule has 0 saturated heterocycles. The maximum Gasteiger partial charge on any atom is 0.251 e. The van der Waals surface area contributed by atoms with E-state index in [4.69, 9.17) is 22.9 Å². The van der Waals surface area contributed by atoms with E-state index in [1.54, 1.807) is 18.2 Å². The summed E-state index contributed by atoms with van der Waals surface area (Å²) >= 11 is 8.36.